The van der Waals surface area contributed by atoms with E-state index in [1.807, 2.05) is 38.3 Å². The minimum atomic E-state index is -0.587. The molecular formula is C17H28N4O. The van der Waals surface area contributed by atoms with Crippen LogP contribution in [0.5, 0.6) is 0 Å². The summed E-state index contributed by atoms with van der Waals surface area (Å²) in [5.41, 5.74) is 3.46. The Kier molecular flexibility index (Phi) is 4.75. The quantitative estimate of drug-likeness (QED) is 0.858. The van der Waals surface area contributed by atoms with Gasteiger partial charge < -0.3 is 10.4 Å². The molecule has 5 heteroatoms. The van der Waals surface area contributed by atoms with Gasteiger partial charge in [0.1, 0.15) is 5.82 Å². The maximum absolute atomic E-state index is 9.79. The summed E-state index contributed by atoms with van der Waals surface area (Å²) in [4.78, 5) is 4.59. The molecule has 5 nitrogen and oxygen atoms in total. The number of aliphatic hydroxyl groups is 1. The van der Waals surface area contributed by atoms with E-state index in [4.69, 9.17) is 0 Å². The van der Waals surface area contributed by atoms with Crippen molar-refractivity contribution >= 4 is 11.5 Å². The number of fused-ring (bicyclic) bond motifs is 1. The van der Waals surface area contributed by atoms with Crippen LogP contribution in [-0.2, 0) is 0 Å². The van der Waals surface area contributed by atoms with Crippen LogP contribution in [-0.4, -0.2) is 31.3 Å². The SMILES string of the molecule is Cc1cc(N[C@@H](C)CCCC(C)(C)O)n2nc(C)c(C)c2n1. The monoisotopic (exact) mass is 304 g/mol. The van der Waals surface area contributed by atoms with Gasteiger partial charge in [-0.15, -0.1) is 0 Å². The van der Waals surface area contributed by atoms with Gasteiger partial charge in [0, 0.05) is 23.4 Å². The van der Waals surface area contributed by atoms with Crippen LogP contribution in [0.15, 0.2) is 6.07 Å². The van der Waals surface area contributed by atoms with Crippen molar-refractivity contribution in [3.8, 4) is 0 Å². The molecule has 2 heterocycles. The zero-order chi connectivity index (χ0) is 16.5. The molecule has 0 amide bonds. The lowest BCUT2D eigenvalue weighted by atomic mass is 10.00. The molecule has 0 fully saturated rings. The number of hydrogen-bond acceptors (Lipinski definition) is 4. The van der Waals surface area contributed by atoms with Gasteiger partial charge in [0.2, 0.25) is 0 Å². The normalized spacial score (nSPS) is 13.6. The van der Waals surface area contributed by atoms with E-state index in [0.717, 1.165) is 47.7 Å². The standard InChI is InChI=1S/C17H28N4O/c1-11(8-7-9-17(5,6)22)18-15-10-12(2)19-16-13(3)14(4)20-21(15)16/h10-11,18,22H,7-9H2,1-6H3/t11-/m0/s1. The highest BCUT2D eigenvalue weighted by molar-refractivity contribution is 5.56. The lowest BCUT2D eigenvalue weighted by Gasteiger charge is -2.20. The van der Waals surface area contributed by atoms with Crippen molar-refractivity contribution in [2.45, 2.75) is 72.4 Å². The van der Waals surface area contributed by atoms with Gasteiger partial charge in [-0.05, 0) is 60.8 Å². The molecule has 0 spiro atoms. The molecule has 2 aromatic heterocycles. The number of hydrogen-bond donors (Lipinski definition) is 2. The van der Waals surface area contributed by atoms with Crippen LogP contribution in [0.25, 0.3) is 5.65 Å². The molecule has 2 aromatic rings. The van der Waals surface area contributed by atoms with Crippen molar-refractivity contribution in [3.05, 3.63) is 23.0 Å². The van der Waals surface area contributed by atoms with Gasteiger partial charge in [-0.2, -0.15) is 9.61 Å². The molecule has 0 unspecified atom stereocenters. The molecule has 0 aromatic carbocycles. The summed E-state index contributed by atoms with van der Waals surface area (Å²) in [5.74, 6) is 0.981. The fourth-order valence-electron chi connectivity index (χ4n) is 2.62. The van der Waals surface area contributed by atoms with E-state index in [1.165, 1.54) is 0 Å². The first-order valence-electron chi connectivity index (χ1n) is 8.00. The summed E-state index contributed by atoms with van der Waals surface area (Å²) in [6.07, 6.45) is 2.80. The second-order valence-corrected chi connectivity index (χ2v) is 6.98. The number of nitrogens with one attached hydrogen (secondary N) is 1. The zero-order valence-electron chi connectivity index (χ0n) is 14.6. The summed E-state index contributed by atoms with van der Waals surface area (Å²) in [6, 6.07) is 2.35. The Labute approximate surface area is 132 Å². The summed E-state index contributed by atoms with van der Waals surface area (Å²) >= 11 is 0. The van der Waals surface area contributed by atoms with Crippen molar-refractivity contribution in [2.75, 3.05) is 5.32 Å². The third kappa shape index (κ3) is 3.97. The lowest BCUT2D eigenvalue weighted by molar-refractivity contribution is 0.0680. The molecule has 0 saturated carbocycles. The highest BCUT2D eigenvalue weighted by Gasteiger charge is 2.15. The maximum atomic E-state index is 9.79. The van der Waals surface area contributed by atoms with Gasteiger partial charge >= 0.3 is 0 Å². The van der Waals surface area contributed by atoms with Gasteiger partial charge in [-0.25, -0.2) is 4.98 Å². The topological polar surface area (TPSA) is 62.5 Å². The predicted molar refractivity (Wildman–Crippen MR) is 90.4 cm³/mol. The average Bonchev–Trinajstić information content (AvgIpc) is 2.65. The van der Waals surface area contributed by atoms with Crippen LogP contribution >= 0.6 is 0 Å². The van der Waals surface area contributed by atoms with Crippen molar-refractivity contribution in [3.63, 3.8) is 0 Å². The Hall–Kier alpha value is -1.62. The van der Waals surface area contributed by atoms with Crippen LogP contribution in [0.3, 0.4) is 0 Å². The summed E-state index contributed by atoms with van der Waals surface area (Å²) in [6.45, 7) is 11.9. The second kappa shape index (κ2) is 6.24. The molecule has 2 N–H and O–H groups in total. The number of aromatic nitrogens is 3. The van der Waals surface area contributed by atoms with Crippen LogP contribution in [0, 0.1) is 20.8 Å². The molecule has 122 valence electrons. The average molecular weight is 304 g/mol. The minimum absolute atomic E-state index is 0.317. The third-order valence-electron chi connectivity index (χ3n) is 4.00. The molecule has 2 rings (SSSR count). The number of anilines is 1. The van der Waals surface area contributed by atoms with Crippen molar-refractivity contribution in [1.29, 1.82) is 0 Å². The highest BCUT2D eigenvalue weighted by Crippen LogP contribution is 2.20. The van der Waals surface area contributed by atoms with Crippen LogP contribution in [0.2, 0.25) is 0 Å². The van der Waals surface area contributed by atoms with E-state index in [9.17, 15) is 5.11 Å². The van der Waals surface area contributed by atoms with E-state index in [2.05, 4.69) is 29.2 Å². The molecule has 1 atom stereocenters. The summed E-state index contributed by atoms with van der Waals surface area (Å²) in [5, 5.41) is 17.9. The smallest absolute Gasteiger partial charge is 0.160 e. The van der Waals surface area contributed by atoms with Gasteiger partial charge in [0.25, 0.3) is 0 Å². The van der Waals surface area contributed by atoms with E-state index < -0.39 is 5.60 Å². The Bertz CT molecular complexity index is 655. The van der Waals surface area contributed by atoms with Crippen molar-refractivity contribution < 1.29 is 5.11 Å². The van der Waals surface area contributed by atoms with E-state index in [0.29, 0.717) is 6.04 Å². The van der Waals surface area contributed by atoms with Crippen LogP contribution < -0.4 is 5.32 Å². The maximum Gasteiger partial charge on any atom is 0.160 e. The fourth-order valence-corrected chi connectivity index (χ4v) is 2.62. The molecule has 0 aliphatic rings. The van der Waals surface area contributed by atoms with Gasteiger partial charge in [0.05, 0.1) is 11.3 Å². The second-order valence-electron chi connectivity index (χ2n) is 6.98. The Morgan fingerprint density at radius 3 is 2.64 bits per heavy atom. The predicted octanol–water partition coefficient (Wildman–Crippen LogP) is 3.40. The van der Waals surface area contributed by atoms with Crippen molar-refractivity contribution in [2.24, 2.45) is 0 Å². The molecule has 0 bridgehead atoms. The first-order chi connectivity index (χ1) is 10.2. The number of aryl methyl sites for hydroxylation is 3. The summed E-state index contributed by atoms with van der Waals surface area (Å²) in [7, 11) is 0. The molecule has 0 saturated heterocycles. The first-order valence-corrected chi connectivity index (χ1v) is 8.00. The Morgan fingerprint density at radius 1 is 1.32 bits per heavy atom. The van der Waals surface area contributed by atoms with E-state index in [1.54, 1.807) is 0 Å². The largest absolute Gasteiger partial charge is 0.390 e. The lowest BCUT2D eigenvalue weighted by Crippen LogP contribution is -2.21. The van der Waals surface area contributed by atoms with Crippen LogP contribution in [0.1, 0.15) is 57.0 Å². The van der Waals surface area contributed by atoms with Gasteiger partial charge in [-0.3, -0.25) is 0 Å². The fraction of sp³-hybridized carbons (Fsp3) is 0.647. The molecular weight excluding hydrogens is 276 g/mol. The summed E-state index contributed by atoms with van der Waals surface area (Å²) < 4.78 is 1.89. The van der Waals surface area contributed by atoms with E-state index >= 15 is 0 Å². The molecule has 0 radical (unpaired) electrons. The van der Waals surface area contributed by atoms with Crippen molar-refractivity contribution in [1.82, 2.24) is 14.6 Å². The van der Waals surface area contributed by atoms with Gasteiger partial charge in [0.15, 0.2) is 5.65 Å². The molecule has 0 aliphatic carbocycles. The number of nitrogens with zero attached hydrogens (tertiary/aromatic N) is 3. The minimum Gasteiger partial charge on any atom is -0.390 e. The highest BCUT2D eigenvalue weighted by atomic mass is 16.3. The third-order valence-corrected chi connectivity index (χ3v) is 4.00. The van der Waals surface area contributed by atoms with E-state index in [-0.39, 0.29) is 0 Å². The zero-order valence-corrected chi connectivity index (χ0v) is 14.6. The number of rotatable bonds is 6. The van der Waals surface area contributed by atoms with Crippen LogP contribution in [0.4, 0.5) is 5.82 Å². The Morgan fingerprint density at radius 2 is 2.00 bits per heavy atom. The Balaban J connectivity index is 2.12. The first kappa shape index (κ1) is 16.7. The molecule has 0 aliphatic heterocycles. The molecule has 22 heavy (non-hydrogen) atoms. The van der Waals surface area contributed by atoms with Gasteiger partial charge in [-0.1, -0.05) is 0 Å².